The predicted molar refractivity (Wildman–Crippen MR) is 110 cm³/mol. The summed E-state index contributed by atoms with van der Waals surface area (Å²) in [5.74, 6) is 0.417. The number of alkyl halides is 3. The Balaban J connectivity index is 1.73. The molecule has 10 nitrogen and oxygen atoms in total. The molecule has 0 radical (unpaired) electrons. The van der Waals surface area contributed by atoms with Gasteiger partial charge in [0.1, 0.15) is 5.75 Å². The van der Waals surface area contributed by atoms with Gasteiger partial charge in [-0.05, 0) is 48.4 Å². The number of hydrogen-bond acceptors (Lipinski definition) is 6. The lowest BCUT2D eigenvalue weighted by Crippen LogP contribution is -2.31. The summed E-state index contributed by atoms with van der Waals surface area (Å²) in [6.45, 7) is 0.384. The Morgan fingerprint density at radius 3 is 2.42 bits per heavy atom. The van der Waals surface area contributed by atoms with E-state index in [0.29, 0.717) is 34.2 Å². The van der Waals surface area contributed by atoms with Crippen LogP contribution in [0.25, 0.3) is 0 Å². The molecule has 0 saturated carbocycles. The number of carbonyl (C=O) groups excluding carboxylic acids is 2. The quantitative estimate of drug-likeness (QED) is 0.238. The number of nitrogens with two attached hydrogens (primary N) is 1. The van der Waals surface area contributed by atoms with Gasteiger partial charge in [-0.15, -0.1) is 13.2 Å². The molecule has 0 bridgehead atoms. The van der Waals surface area contributed by atoms with Crippen LogP contribution in [0.4, 0.5) is 28.4 Å². The minimum atomic E-state index is -4.79. The molecule has 2 aromatic carbocycles. The van der Waals surface area contributed by atoms with Gasteiger partial charge in [0.2, 0.25) is 0 Å². The van der Waals surface area contributed by atoms with Crippen LogP contribution in [0.2, 0.25) is 0 Å². The first-order valence-electron chi connectivity index (χ1n) is 9.53. The van der Waals surface area contributed by atoms with Crippen LogP contribution in [0.1, 0.15) is 12.0 Å². The summed E-state index contributed by atoms with van der Waals surface area (Å²) in [4.78, 5) is 22.8. The van der Waals surface area contributed by atoms with Crippen molar-refractivity contribution in [1.29, 1.82) is 0 Å². The highest BCUT2D eigenvalue weighted by Gasteiger charge is 2.30. The molecule has 0 unspecified atom stereocenters. The van der Waals surface area contributed by atoms with Crippen LogP contribution in [0.15, 0.2) is 42.5 Å². The molecule has 0 aliphatic rings. The molecule has 33 heavy (non-hydrogen) atoms. The molecule has 2 rings (SSSR count). The zero-order valence-electron chi connectivity index (χ0n) is 17.5. The van der Waals surface area contributed by atoms with Gasteiger partial charge in [-0.25, -0.2) is 14.7 Å². The van der Waals surface area contributed by atoms with Crippen molar-refractivity contribution in [2.24, 2.45) is 5.73 Å². The fourth-order valence-corrected chi connectivity index (χ4v) is 2.55. The van der Waals surface area contributed by atoms with Gasteiger partial charge in [0, 0.05) is 12.2 Å². The van der Waals surface area contributed by atoms with Gasteiger partial charge in [-0.2, -0.15) is 0 Å². The van der Waals surface area contributed by atoms with Crippen LogP contribution in [-0.2, 0) is 6.54 Å². The van der Waals surface area contributed by atoms with Crippen LogP contribution < -0.4 is 30.6 Å². The van der Waals surface area contributed by atoms with Crippen LogP contribution >= 0.6 is 0 Å². The van der Waals surface area contributed by atoms with E-state index in [4.69, 9.17) is 15.2 Å². The molecule has 0 atom stereocenters. The highest BCUT2D eigenvalue weighted by molar-refractivity contribution is 5.89. The number of ether oxygens (including phenoxy) is 3. The van der Waals surface area contributed by atoms with Crippen LogP contribution in [0.3, 0.4) is 0 Å². The number of amides is 4. The predicted octanol–water partition coefficient (Wildman–Crippen LogP) is 3.45. The van der Waals surface area contributed by atoms with Crippen molar-refractivity contribution in [2.75, 3.05) is 25.6 Å². The van der Waals surface area contributed by atoms with Crippen LogP contribution in [-0.4, -0.2) is 49.0 Å². The number of nitrogens with zero attached hydrogens (tertiary/aromatic N) is 1. The van der Waals surface area contributed by atoms with Crippen molar-refractivity contribution in [1.82, 2.24) is 10.4 Å². The molecule has 0 saturated heterocycles. The third kappa shape index (κ3) is 9.03. The molecule has 5 N–H and O–H groups in total. The Morgan fingerprint density at radius 2 is 1.82 bits per heavy atom. The number of hydrogen-bond donors (Lipinski definition) is 4. The second kappa shape index (κ2) is 11.7. The third-order valence-electron chi connectivity index (χ3n) is 4.02. The molecule has 0 aliphatic heterocycles. The maximum atomic E-state index is 12.1. The van der Waals surface area contributed by atoms with Crippen molar-refractivity contribution in [3.05, 3.63) is 48.0 Å². The molecule has 180 valence electrons. The van der Waals surface area contributed by atoms with Crippen LogP contribution in [0.5, 0.6) is 17.2 Å². The number of primary amides is 1. The maximum absolute atomic E-state index is 12.1. The second-order valence-electron chi connectivity index (χ2n) is 6.54. The molecular weight excluding hydrogens is 449 g/mol. The number of nitrogens with one attached hydrogen (secondary N) is 2. The SMILES string of the molecule is COc1cc(CN(O)C(N)=O)ccc1OCCCNC(=O)Nc1ccc(OC(F)(F)F)cc1. The summed E-state index contributed by atoms with van der Waals surface area (Å²) in [5.41, 5.74) is 5.83. The molecule has 2 aromatic rings. The first-order chi connectivity index (χ1) is 15.6. The standard InChI is InChI=1S/C20H23F3N4O6/c1-31-17-11-13(12-27(30)18(24)28)3-8-16(17)32-10-2-9-25-19(29)26-14-4-6-15(7-5-14)33-20(21,22)23/h3-8,11,30H,2,9-10,12H2,1H3,(H2,24,28)(H2,25,26,29). The summed E-state index contributed by atoms with van der Waals surface area (Å²) in [6, 6.07) is 8.01. The summed E-state index contributed by atoms with van der Waals surface area (Å²) in [7, 11) is 1.43. The van der Waals surface area contributed by atoms with E-state index in [-0.39, 0.29) is 19.7 Å². The first kappa shape index (κ1) is 25.4. The first-order valence-corrected chi connectivity index (χ1v) is 9.53. The monoisotopic (exact) mass is 472 g/mol. The van der Waals surface area contributed by atoms with Crippen molar-refractivity contribution in [3.63, 3.8) is 0 Å². The fourth-order valence-electron chi connectivity index (χ4n) is 2.55. The molecule has 13 heteroatoms. The summed E-state index contributed by atoms with van der Waals surface area (Å²) < 4.78 is 51.1. The number of carbonyl (C=O) groups is 2. The number of methoxy groups -OCH3 is 1. The normalized spacial score (nSPS) is 10.8. The van der Waals surface area contributed by atoms with Gasteiger partial charge in [-0.3, -0.25) is 5.21 Å². The van der Waals surface area contributed by atoms with Gasteiger partial charge in [-0.1, -0.05) is 6.07 Å². The Hall–Kier alpha value is -3.87. The number of benzene rings is 2. The van der Waals surface area contributed by atoms with Crippen LogP contribution in [0, 0.1) is 0 Å². The van der Waals surface area contributed by atoms with E-state index in [9.17, 15) is 28.0 Å². The zero-order chi connectivity index (χ0) is 24.4. The number of halogens is 3. The molecule has 0 spiro atoms. The average molecular weight is 472 g/mol. The van der Waals surface area contributed by atoms with E-state index >= 15 is 0 Å². The van der Waals surface area contributed by atoms with E-state index in [2.05, 4.69) is 15.4 Å². The highest BCUT2D eigenvalue weighted by Crippen LogP contribution is 2.28. The number of urea groups is 2. The molecule has 0 heterocycles. The van der Waals surface area contributed by atoms with E-state index in [1.54, 1.807) is 18.2 Å². The summed E-state index contributed by atoms with van der Waals surface area (Å²) >= 11 is 0. The maximum Gasteiger partial charge on any atom is 0.573 e. The second-order valence-corrected chi connectivity index (χ2v) is 6.54. The largest absolute Gasteiger partial charge is 0.573 e. The van der Waals surface area contributed by atoms with E-state index in [0.717, 1.165) is 12.1 Å². The van der Waals surface area contributed by atoms with Crippen molar-refractivity contribution >= 4 is 17.7 Å². The number of anilines is 1. The molecule has 0 aliphatic carbocycles. The topological polar surface area (TPSA) is 135 Å². The lowest BCUT2D eigenvalue weighted by Gasteiger charge is -2.15. The molecule has 0 fully saturated rings. The van der Waals surface area contributed by atoms with Crippen molar-refractivity contribution < 1.29 is 42.2 Å². The number of rotatable bonds is 10. The highest BCUT2D eigenvalue weighted by atomic mass is 19.4. The minimum Gasteiger partial charge on any atom is -0.493 e. The van der Waals surface area contributed by atoms with E-state index in [1.165, 1.54) is 19.2 Å². The lowest BCUT2D eigenvalue weighted by molar-refractivity contribution is -0.274. The van der Waals surface area contributed by atoms with Gasteiger partial charge < -0.3 is 30.6 Å². The van der Waals surface area contributed by atoms with Gasteiger partial charge in [0.05, 0.1) is 20.3 Å². The lowest BCUT2D eigenvalue weighted by atomic mass is 10.2. The van der Waals surface area contributed by atoms with Gasteiger partial charge >= 0.3 is 18.4 Å². The fraction of sp³-hybridized carbons (Fsp3) is 0.300. The third-order valence-corrected chi connectivity index (χ3v) is 4.02. The summed E-state index contributed by atoms with van der Waals surface area (Å²) in [6.07, 6.45) is -4.34. The Bertz CT molecular complexity index is 940. The molecule has 4 amide bonds. The Morgan fingerprint density at radius 1 is 1.12 bits per heavy atom. The van der Waals surface area contributed by atoms with Gasteiger partial charge in [0.25, 0.3) is 0 Å². The number of hydroxylamine groups is 2. The Labute approximate surface area is 187 Å². The Kier molecular flexibility index (Phi) is 8.98. The smallest absolute Gasteiger partial charge is 0.493 e. The van der Waals surface area contributed by atoms with Crippen molar-refractivity contribution in [3.8, 4) is 17.2 Å². The average Bonchev–Trinajstić information content (AvgIpc) is 2.74. The summed E-state index contributed by atoms with van der Waals surface area (Å²) in [5, 5.41) is 14.8. The zero-order valence-corrected chi connectivity index (χ0v) is 17.5. The van der Waals surface area contributed by atoms with E-state index in [1.807, 2.05) is 0 Å². The van der Waals surface area contributed by atoms with E-state index < -0.39 is 24.2 Å². The molecular formula is C20H23F3N4O6. The van der Waals surface area contributed by atoms with Gasteiger partial charge in [0.15, 0.2) is 11.5 Å². The minimum absolute atomic E-state index is 0.122. The van der Waals surface area contributed by atoms with Crippen molar-refractivity contribution in [2.45, 2.75) is 19.3 Å². The molecule has 0 aromatic heterocycles.